The molecule has 5 rings (SSSR count). The number of carbonyl (C=O) groups excluding carboxylic acids is 1. The number of hydrogen-bond donors (Lipinski definition) is 1. The van der Waals surface area contributed by atoms with E-state index in [2.05, 4.69) is 36.4 Å². The van der Waals surface area contributed by atoms with Gasteiger partial charge in [0.25, 0.3) is 0 Å². The Morgan fingerprint density at radius 1 is 1.18 bits per heavy atom. The van der Waals surface area contributed by atoms with Gasteiger partial charge in [-0.15, -0.1) is 21.5 Å². The first-order valence-corrected chi connectivity index (χ1v) is 13.2. The summed E-state index contributed by atoms with van der Waals surface area (Å²) >= 11 is 6.29. The van der Waals surface area contributed by atoms with Gasteiger partial charge in [-0.25, -0.2) is 4.98 Å². The second-order valence-electron chi connectivity index (χ2n) is 7.47. The van der Waals surface area contributed by atoms with Gasteiger partial charge in [0.05, 0.1) is 11.4 Å². The lowest BCUT2D eigenvalue weighted by atomic mass is 10.1. The van der Waals surface area contributed by atoms with Gasteiger partial charge >= 0.3 is 0 Å². The predicted molar refractivity (Wildman–Crippen MR) is 140 cm³/mol. The number of thioether (sulfide) groups is 1. The lowest BCUT2D eigenvalue weighted by molar-refractivity contribution is -0.113. The first-order valence-electron chi connectivity index (χ1n) is 10.6. The molecular formula is C24H20BrN5O2S2. The smallest absolute Gasteiger partial charge is 0.236 e. The van der Waals surface area contributed by atoms with Crippen LogP contribution >= 0.6 is 39.0 Å². The zero-order valence-corrected chi connectivity index (χ0v) is 21.6. The zero-order chi connectivity index (χ0) is 23.7. The number of anilines is 1. The number of furan rings is 1. The zero-order valence-electron chi connectivity index (χ0n) is 18.4. The Kier molecular flexibility index (Phi) is 6.53. The summed E-state index contributed by atoms with van der Waals surface area (Å²) < 4.78 is 8.91. The fourth-order valence-electron chi connectivity index (χ4n) is 3.59. The number of aromatic nitrogens is 4. The van der Waals surface area contributed by atoms with E-state index in [-0.39, 0.29) is 11.7 Å². The summed E-state index contributed by atoms with van der Waals surface area (Å²) in [5.74, 6) is 1.34. The molecule has 0 atom stereocenters. The quantitative estimate of drug-likeness (QED) is 0.227. The van der Waals surface area contributed by atoms with Crippen LogP contribution in [0.5, 0.6) is 0 Å². The maximum atomic E-state index is 12.6. The molecule has 0 bridgehead atoms. The number of aryl methyl sites for hydroxylation is 1. The van der Waals surface area contributed by atoms with Crippen molar-refractivity contribution in [1.82, 2.24) is 19.7 Å². The lowest BCUT2D eigenvalue weighted by Crippen LogP contribution is -2.14. The fraction of sp³-hybridized carbons (Fsp3) is 0.167. The average molecular weight is 554 g/mol. The molecule has 3 aromatic heterocycles. The summed E-state index contributed by atoms with van der Waals surface area (Å²) in [7, 11) is 0. The van der Waals surface area contributed by atoms with Crippen molar-refractivity contribution in [3.05, 3.63) is 63.9 Å². The highest BCUT2D eigenvalue weighted by Crippen LogP contribution is 2.32. The van der Waals surface area contributed by atoms with Gasteiger partial charge in [0.15, 0.2) is 16.0 Å². The van der Waals surface area contributed by atoms with Crippen LogP contribution in [0.25, 0.3) is 33.8 Å². The number of nitrogens with one attached hydrogen (secondary N) is 1. The van der Waals surface area contributed by atoms with E-state index in [4.69, 9.17) is 4.42 Å². The van der Waals surface area contributed by atoms with Crippen molar-refractivity contribution in [3.63, 3.8) is 0 Å². The van der Waals surface area contributed by atoms with Gasteiger partial charge in [0.2, 0.25) is 11.7 Å². The first kappa shape index (κ1) is 22.8. The number of halogens is 1. The second kappa shape index (κ2) is 9.73. The van der Waals surface area contributed by atoms with Gasteiger partial charge in [0, 0.05) is 26.8 Å². The van der Waals surface area contributed by atoms with Crippen molar-refractivity contribution >= 4 is 61.0 Å². The topological polar surface area (TPSA) is 85.8 Å². The van der Waals surface area contributed by atoms with Crippen LogP contribution in [-0.2, 0) is 11.3 Å². The average Bonchev–Trinajstić information content (AvgIpc) is 3.53. The summed E-state index contributed by atoms with van der Waals surface area (Å²) in [4.78, 5) is 18.3. The van der Waals surface area contributed by atoms with Crippen LogP contribution in [0.1, 0.15) is 11.8 Å². The molecule has 1 N–H and O–H groups in total. The highest BCUT2D eigenvalue weighted by molar-refractivity contribution is 9.10. The molecule has 0 radical (unpaired) electrons. The molecule has 0 fully saturated rings. The molecule has 5 aromatic rings. The molecule has 0 saturated carbocycles. The van der Waals surface area contributed by atoms with Gasteiger partial charge in [-0.05, 0) is 38.1 Å². The highest BCUT2D eigenvalue weighted by atomic mass is 79.9. The molecular weight excluding hydrogens is 534 g/mol. The number of fused-ring (bicyclic) bond motifs is 1. The molecule has 0 spiro atoms. The summed E-state index contributed by atoms with van der Waals surface area (Å²) in [6.07, 6.45) is 0. The molecule has 34 heavy (non-hydrogen) atoms. The van der Waals surface area contributed by atoms with Gasteiger partial charge < -0.3 is 9.73 Å². The number of thiazole rings is 1. The minimum Gasteiger partial charge on any atom is -0.453 e. The third-order valence-corrected chi connectivity index (χ3v) is 7.50. The molecule has 3 heterocycles. The van der Waals surface area contributed by atoms with Gasteiger partial charge in [0.1, 0.15) is 5.58 Å². The Morgan fingerprint density at radius 3 is 2.79 bits per heavy atom. The molecule has 0 aliphatic heterocycles. The van der Waals surface area contributed by atoms with Crippen molar-refractivity contribution in [1.29, 1.82) is 0 Å². The number of rotatable bonds is 7. The van der Waals surface area contributed by atoms with E-state index < -0.39 is 0 Å². The predicted octanol–water partition coefficient (Wildman–Crippen LogP) is 6.64. The summed E-state index contributed by atoms with van der Waals surface area (Å²) in [5.41, 5.74) is 2.71. The van der Waals surface area contributed by atoms with Crippen LogP contribution < -0.4 is 5.32 Å². The maximum Gasteiger partial charge on any atom is 0.236 e. The Hall–Kier alpha value is -2.95. The van der Waals surface area contributed by atoms with Crippen LogP contribution in [0.2, 0.25) is 0 Å². The summed E-state index contributed by atoms with van der Waals surface area (Å²) in [6.45, 7) is 4.67. The van der Waals surface area contributed by atoms with Crippen LogP contribution in [-0.4, -0.2) is 31.4 Å². The molecule has 0 aliphatic rings. The Bertz CT molecular complexity index is 1480. The van der Waals surface area contributed by atoms with Gasteiger partial charge in [-0.3, -0.25) is 9.36 Å². The largest absolute Gasteiger partial charge is 0.453 e. The fourth-order valence-corrected chi connectivity index (χ4v) is 5.62. The molecule has 10 heteroatoms. The lowest BCUT2D eigenvalue weighted by Gasteiger charge is -2.05. The van der Waals surface area contributed by atoms with Crippen molar-refractivity contribution in [2.45, 2.75) is 25.5 Å². The summed E-state index contributed by atoms with van der Waals surface area (Å²) in [6, 6.07) is 17.8. The van der Waals surface area contributed by atoms with Crippen molar-refractivity contribution < 1.29 is 9.21 Å². The van der Waals surface area contributed by atoms with E-state index in [1.165, 1.54) is 23.1 Å². The first-order chi connectivity index (χ1) is 16.5. The molecule has 0 unspecified atom stereocenters. The molecule has 7 nitrogen and oxygen atoms in total. The third-order valence-electron chi connectivity index (χ3n) is 5.15. The summed E-state index contributed by atoms with van der Waals surface area (Å²) in [5, 5.41) is 13.8. The van der Waals surface area contributed by atoms with Gasteiger partial charge in [-0.2, -0.15) is 0 Å². The van der Waals surface area contributed by atoms with Crippen LogP contribution in [0.4, 0.5) is 5.13 Å². The highest BCUT2D eigenvalue weighted by Gasteiger charge is 2.19. The minimum absolute atomic E-state index is 0.140. The number of amides is 1. The van der Waals surface area contributed by atoms with Crippen molar-refractivity contribution in [2.75, 3.05) is 11.1 Å². The third kappa shape index (κ3) is 4.66. The van der Waals surface area contributed by atoms with Crippen LogP contribution in [0, 0.1) is 6.92 Å². The Morgan fingerprint density at radius 2 is 2.00 bits per heavy atom. The van der Waals surface area contributed by atoms with E-state index in [0.717, 1.165) is 31.6 Å². The van der Waals surface area contributed by atoms with Crippen LogP contribution in [0.3, 0.4) is 0 Å². The van der Waals surface area contributed by atoms with Crippen molar-refractivity contribution in [3.8, 4) is 22.8 Å². The molecule has 0 saturated heterocycles. The van der Waals surface area contributed by atoms with E-state index in [1.54, 1.807) is 0 Å². The number of carbonyl (C=O) groups is 1. The molecule has 1 amide bonds. The van der Waals surface area contributed by atoms with Crippen molar-refractivity contribution in [2.24, 2.45) is 0 Å². The Balaban J connectivity index is 1.28. The molecule has 2 aromatic carbocycles. The van der Waals surface area contributed by atoms with Crippen LogP contribution in [0.15, 0.2) is 68.6 Å². The minimum atomic E-state index is -0.140. The van der Waals surface area contributed by atoms with E-state index in [0.29, 0.717) is 28.4 Å². The maximum absolute atomic E-state index is 12.6. The molecule has 0 aliphatic carbocycles. The SMILES string of the molecule is CCn1c(SCC(=O)Nc2nc(-c3ccccc3)c(C)s2)nnc1-c1cc2cc(Br)ccc2o1. The number of hydrogen-bond acceptors (Lipinski definition) is 7. The second-order valence-corrected chi connectivity index (χ2v) is 10.5. The van der Waals surface area contributed by atoms with E-state index in [9.17, 15) is 4.79 Å². The van der Waals surface area contributed by atoms with E-state index in [1.807, 2.05) is 73.0 Å². The molecule has 172 valence electrons. The number of benzene rings is 2. The van der Waals surface area contributed by atoms with Gasteiger partial charge in [-0.1, -0.05) is 58.0 Å². The normalized spacial score (nSPS) is 11.3. The number of nitrogens with zero attached hydrogens (tertiary/aromatic N) is 4. The Labute approximate surface area is 212 Å². The standard InChI is InChI=1S/C24H20BrN5O2S2/c1-3-30-22(19-12-16-11-17(25)9-10-18(16)32-19)28-29-24(30)33-13-20(31)26-23-27-21(14(2)34-23)15-7-5-4-6-8-15/h4-12H,3,13H2,1-2H3,(H,26,27,31). The monoisotopic (exact) mass is 553 g/mol. The van der Waals surface area contributed by atoms with E-state index >= 15 is 0 Å².